The molecule has 0 amide bonds. The number of hydrogen-bond acceptors (Lipinski definition) is 4. The van der Waals surface area contributed by atoms with Crippen LogP contribution in [0.2, 0.25) is 0 Å². The van der Waals surface area contributed by atoms with Gasteiger partial charge in [-0.2, -0.15) is 13.2 Å². The molecule has 0 unspecified atom stereocenters. The molecule has 1 fully saturated rings. The topological polar surface area (TPSA) is 37.4 Å². The molecule has 25 heavy (non-hydrogen) atoms. The van der Waals surface area contributed by atoms with Crippen LogP contribution in [0.4, 0.5) is 24.7 Å². The van der Waals surface area contributed by atoms with Crippen molar-refractivity contribution in [3.63, 3.8) is 0 Å². The highest BCUT2D eigenvalue weighted by Crippen LogP contribution is 2.32. The second-order valence-corrected chi connectivity index (χ2v) is 6.01. The smallest absolute Gasteiger partial charge is 0.416 e. The van der Waals surface area contributed by atoms with Crippen molar-refractivity contribution < 1.29 is 17.9 Å². The van der Waals surface area contributed by atoms with Crippen LogP contribution in [0.3, 0.4) is 0 Å². The summed E-state index contributed by atoms with van der Waals surface area (Å²) < 4.78 is 43.7. The van der Waals surface area contributed by atoms with Crippen LogP contribution in [0.1, 0.15) is 18.4 Å². The van der Waals surface area contributed by atoms with Gasteiger partial charge in [0, 0.05) is 25.3 Å². The van der Waals surface area contributed by atoms with Crippen LogP contribution in [0, 0.1) is 0 Å². The number of benzene rings is 1. The summed E-state index contributed by atoms with van der Waals surface area (Å²) in [6.45, 7) is 1.61. The molecule has 1 aliphatic heterocycles. The molecule has 0 aliphatic carbocycles. The predicted molar refractivity (Wildman–Crippen MR) is 91.1 cm³/mol. The number of ether oxygens (including phenoxy) is 1. The first-order valence-corrected chi connectivity index (χ1v) is 8.15. The standard InChI is InChI=1S/C18H20F3N3O/c1-25-16-5-3-2-4-15(16)24-10-7-14(8-11-24)23-17-12-13(6-9-22-17)18(19,20)21/h2-6,9,12,14H,7-8,10-11H2,1H3,(H,22,23). The number of halogens is 3. The zero-order valence-corrected chi connectivity index (χ0v) is 13.9. The average Bonchev–Trinajstić information content (AvgIpc) is 2.62. The van der Waals surface area contributed by atoms with E-state index in [1.54, 1.807) is 7.11 Å². The van der Waals surface area contributed by atoms with E-state index in [0.717, 1.165) is 49.5 Å². The molecule has 2 heterocycles. The molecule has 4 nitrogen and oxygen atoms in total. The molecular weight excluding hydrogens is 331 g/mol. The minimum atomic E-state index is -4.35. The molecule has 7 heteroatoms. The number of nitrogens with one attached hydrogen (secondary N) is 1. The Kier molecular flexibility index (Phi) is 5.01. The number of piperidine rings is 1. The fourth-order valence-corrected chi connectivity index (χ4v) is 3.05. The van der Waals surface area contributed by atoms with Gasteiger partial charge in [0.25, 0.3) is 0 Å². The van der Waals surface area contributed by atoms with Crippen molar-refractivity contribution in [2.45, 2.75) is 25.1 Å². The van der Waals surface area contributed by atoms with Crippen LogP contribution in [0.5, 0.6) is 5.75 Å². The van der Waals surface area contributed by atoms with Crippen LogP contribution in [-0.4, -0.2) is 31.2 Å². The number of aromatic nitrogens is 1. The van der Waals surface area contributed by atoms with Gasteiger partial charge < -0.3 is 15.0 Å². The van der Waals surface area contributed by atoms with Gasteiger partial charge in [0.15, 0.2) is 0 Å². The van der Waals surface area contributed by atoms with E-state index in [1.807, 2.05) is 24.3 Å². The molecule has 1 aromatic heterocycles. The Hall–Kier alpha value is -2.44. The van der Waals surface area contributed by atoms with Crippen molar-refractivity contribution >= 4 is 11.5 Å². The Morgan fingerprint density at radius 2 is 1.88 bits per heavy atom. The Morgan fingerprint density at radius 1 is 1.16 bits per heavy atom. The maximum absolute atomic E-state index is 12.8. The number of anilines is 2. The highest BCUT2D eigenvalue weighted by atomic mass is 19.4. The summed E-state index contributed by atoms with van der Waals surface area (Å²) >= 11 is 0. The maximum atomic E-state index is 12.8. The lowest BCUT2D eigenvalue weighted by Crippen LogP contribution is -2.39. The monoisotopic (exact) mass is 351 g/mol. The van der Waals surface area contributed by atoms with E-state index in [0.29, 0.717) is 0 Å². The van der Waals surface area contributed by atoms with Crippen molar-refractivity contribution in [1.82, 2.24) is 4.98 Å². The van der Waals surface area contributed by atoms with Gasteiger partial charge >= 0.3 is 6.18 Å². The lowest BCUT2D eigenvalue weighted by Gasteiger charge is -2.34. The third-order valence-electron chi connectivity index (χ3n) is 4.36. The van der Waals surface area contributed by atoms with E-state index < -0.39 is 11.7 Å². The summed E-state index contributed by atoms with van der Waals surface area (Å²) in [4.78, 5) is 6.24. The summed E-state index contributed by atoms with van der Waals surface area (Å²) in [5.41, 5.74) is 0.358. The molecule has 2 aromatic rings. The van der Waals surface area contributed by atoms with Crippen LogP contribution in [0.25, 0.3) is 0 Å². The Bertz CT molecular complexity index is 713. The zero-order valence-electron chi connectivity index (χ0n) is 13.9. The minimum Gasteiger partial charge on any atom is -0.495 e. The van der Waals surface area contributed by atoms with Crippen molar-refractivity contribution in [3.8, 4) is 5.75 Å². The first-order chi connectivity index (χ1) is 12.0. The highest BCUT2D eigenvalue weighted by Gasteiger charge is 2.31. The quantitative estimate of drug-likeness (QED) is 0.896. The van der Waals surface area contributed by atoms with Crippen molar-refractivity contribution in [2.24, 2.45) is 0 Å². The molecular formula is C18H20F3N3O. The van der Waals surface area contributed by atoms with Gasteiger partial charge in [0.1, 0.15) is 11.6 Å². The molecule has 1 aliphatic rings. The highest BCUT2D eigenvalue weighted by molar-refractivity contribution is 5.58. The number of methoxy groups -OCH3 is 1. The van der Waals surface area contributed by atoms with E-state index in [4.69, 9.17) is 4.74 Å². The minimum absolute atomic E-state index is 0.0990. The first-order valence-electron chi connectivity index (χ1n) is 8.15. The molecule has 0 spiro atoms. The molecule has 0 bridgehead atoms. The third-order valence-corrected chi connectivity index (χ3v) is 4.36. The lowest BCUT2D eigenvalue weighted by atomic mass is 10.0. The van der Waals surface area contributed by atoms with Crippen molar-refractivity contribution in [3.05, 3.63) is 48.2 Å². The maximum Gasteiger partial charge on any atom is 0.416 e. The average molecular weight is 351 g/mol. The summed E-state index contributed by atoms with van der Waals surface area (Å²) in [5, 5.41) is 3.12. The van der Waals surface area contributed by atoms with E-state index >= 15 is 0 Å². The van der Waals surface area contributed by atoms with E-state index in [2.05, 4.69) is 15.2 Å². The van der Waals surface area contributed by atoms with Crippen molar-refractivity contribution in [1.29, 1.82) is 0 Å². The molecule has 134 valence electrons. The van der Waals surface area contributed by atoms with E-state index in [-0.39, 0.29) is 11.9 Å². The van der Waals surface area contributed by atoms with Gasteiger partial charge in [0.2, 0.25) is 0 Å². The van der Waals surface area contributed by atoms with Gasteiger partial charge in [-0.3, -0.25) is 0 Å². The number of para-hydroxylation sites is 2. The van der Waals surface area contributed by atoms with Gasteiger partial charge in [-0.1, -0.05) is 12.1 Å². The molecule has 0 saturated carbocycles. The summed E-state index contributed by atoms with van der Waals surface area (Å²) in [7, 11) is 1.65. The summed E-state index contributed by atoms with van der Waals surface area (Å²) in [6, 6.07) is 9.97. The zero-order chi connectivity index (χ0) is 17.9. The number of hydrogen-bond donors (Lipinski definition) is 1. The van der Waals surface area contributed by atoms with Crippen LogP contribution >= 0.6 is 0 Å². The summed E-state index contributed by atoms with van der Waals surface area (Å²) in [6.07, 6.45) is -1.53. The van der Waals surface area contributed by atoms with Crippen LogP contribution < -0.4 is 15.0 Å². The fourth-order valence-electron chi connectivity index (χ4n) is 3.05. The molecule has 0 radical (unpaired) electrons. The van der Waals surface area contributed by atoms with E-state index in [1.165, 1.54) is 6.20 Å². The Balaban J connectivity index is 1.62. The SMILES string of the molecule is COc1ccccc1N1CCC(Nc2cc(C(F)(F)F)ccn2)CC1. The van der Waals surface area contributed by atoms with Gasteiger partial charge in [-0.15, -0.1) is 0 Å². The number of rotatable bonds is 4. The molecule has 1 N–H and O–H groups in total. The molecule has 1 saturated heterocycles. The summed E-state index contributed by atoms with van der Waals surface area (Å²) in [5.74, 6) is 1.10. The molecule has 0 atom stereocenters. The third kappa shape index (κ3) is 4.15. The van der Waals surface area contributed by atoms with Gasteiger partial charge in [-0.05, 0) is 37.1 Å². The van der Waals surface area contributed by atoms with Crippen molar-refractivity contribution in [2.75, 3.05) is 30.4 Å². The molecule has 3 rings (SSSR count). The Labute approximate surface area is 144 Å². The van der Waals surface area contributed by atoms with E-state index in [9.17, 15) is 13.2 Å². The van der Waals surface area contributed by atoms with Gasteiger partial charge in [0.05, 0.1) is 18.4 Å². The second-order valence-electron chi connectivity index (χ2n) is 6.01. The fraction of sp³-hybridized carbons (Fsp3) is 0.389. The number of nitrogens with zero attached hydrogens (tertiary/aromatic N) is 2. The van der Waals surface area contributed by atoms with Gasteiger partial charge in [-0.25, -0.2) is 4.98 Å². The normalized spacial score (nSPS) is 15.9. The largest absolute Gasteiger partial charge is 0.495 e. The number of alkyl halides is 3. The van der Waals surface area contributed by atoms with Crippen LogP contribution in [0.15, 0.2) is 42.6 Å². The Morgan fingerprint density at radius 3 is 2.56 bits per heavy atom. The number of pyridine rings is 1. The lowest BCUT2D eigenvalue weighted by molar-refractivity contribution is -0.137. The van der Waals surface area contributed by atoms with Crippen LogP contribution in [-0.2, 0) is 6.18 Å². The second kappa shape index (κ2) is 7.21. The first kappa shape index (κ1) is 17.4. The predicted octanol–water partition coefficient (Wildman–Crippen LogP) is 4.19. The molecule has 1 aromatic carbocycles.